The molecule has 0 fully saturated rings. The highest BCUT2D eigenvalue weighted by Crippen LogP contribution is 2.33. The first-order chi connectivity index (χ1) is 8.52. The molecule has 0 saturated heterocycles. The Balaban J connectivity index is 2.65. The van der Waals surface area contributed by atoms with Crippen molar-refractivity contribution in [2.45, 2.75) is 20.0 Å². The molecule has 0 saturated carbocycles. The fourth-order valence-corrected chi connectivity index (χ4v) is 2.10. The molecule has 0 aliphatic rings. The number of carbonyl (C=O) groups is 1. The van der Waals surface area contributed by atoms with Gasteiger partial charge in [0, 0.05) is 15.4 Å². The molecular formula is C13H14BrNO3. The molecule has 2 rings (SSSR count). The number of H-pyrrole nitrogens is 1. The van der Waals surface area contributed by atoms with Crippen LogP contribution >= 0.6 is 15.9 Å². The summed E-state index contributed by atoms with van der Waals surface area (Å²) in [5.41, 5.74) is 1.19. The van der Waals surface area contributed by atoms with Crippen LogP contribution in [-0.2, 0) is 4.74 Å². The number of fused-ring (bicyclic) bond motifs is 1. The SMILES string of the molecule is COC(=O)c1[nH]c2ccc(Br)cc2c1OC(C)C. The molecule has 18 heavy (non-hydrogen) atoms. The first-order valence-electron chi connectivity index (χ1n) is 5.59. The molecule has 0 spiro atoms. The number of ether oxygens (including phenoxy) is 2. The van der Waals surface area contributed by atoms with E-state index in [2.05, 4.69) is 20.9 Å². The number of carbonyl (C=O) groups excluding carboxylic acids is 1. The quantitative estimate of drug-likeness (QED) is 0.883. The van der Waals surface area contributed by atoms with E-state index in [4.69, 9.17) is 9.47 Å². The number of nitrogens with one attached hydrogen (secondary N) is 1. The maximum atomic E-state index is 11.7. The summed E-state index contributed by atoms with van der Waals surface area (Å²) < 4.78 is 11.4. The van der Waals surface area contributed by atoms with Crippen molar-refractivity contribution in [3.63, 3.8) is 0 Å². The second kappa shape index (κ2) is 5.02. The lowest BCUT2D eigenvalue weighted by Gasteiger charge is -2.10. The number of hydrogen-bond donors (Lipinski definition) is 1. The Hall–Kier alpha value is -1.49. The van der Waals surface area contributed by atoms with Gasteiger partial charge in [0.1, 0.15) is 0 Å². The lowest BCUT2D eigenvalue weighted by molar-refractivity contribution is 0.0589. The lowest BCUT2D eigenvalue weighted by atomic mass is 10.2. The predicted molar refractivity (Wildman–Crippen MR) is 73.1 cm³/mol. The van der Waals surface area contributed by atoms with Crippen LogP contribution in [0.1, 0.15) is 24.3 Å². The first-order valence-corrected chi connectivity index (χ1v) is 6.38. The summed E-state index contributed by atoms with van der Waals surface area (Å²) in [7, 11) is 1.35. The van der Waals surface area contributed by atoms with Crippen LogP contribution in [0.25, 0.3) is 10.9 Å². The molecule has 96 valence electrons. The monoisotopic (exact) mass is 311 g/mol. The molecule has 5 heteroatoms. The van der Waals surface area contributed by atoms with Crippen LogP contribution in [0.4, 0.5) is 0 Å². The third-order valence-electron chi connectivity index (χ3n) is 2.46. The average Bonchev–Trinajstić information content (AvgIpc) is 2.66. The van der Waals surface area contributed by atoms with E-state index in [1.165, 1.54) is 7.11 Å². The normalized spacial score (nSPS) is 10.9. The Bertz CT molecular complexity index is 589. The van der Waals surface area contributed by atoms with Gasteiger partial charge in [0.05, 0.1) is 13.2 Å². The number of aromatic nitrogens is 1. The highest BCUT2D eigenvalue weighted by molar-refractivity contribution is 9.10. The van der Waals surface area contributed by atoms with Gasteiger partial charge >= 0.3 is 5.97 Å². The second-order valence-electron chi connectivity index (χ2n) is 4.18. The largest absolute Gasteiger partial charge is 0.488 e. The molecule has 2 aromatic rings. The van der Waals surface area contributed by atoms with E-state index in [1.807, 2.05) is 32.0 Å². The Morgan fingerprint density at radius 1 is 1.39 bits per heavy atom. The Labute approximate surface area is 113 Å². The summed E-state index contributed by atoms with van der Waals surface area (Å²) >= 11 is 3.41. The zero-order valence-electron chi connectivity index (χ0n) is 10.4. The topological polar surface area (TPSA) is 51.3 Å². The summed E-state index contributed by atoms with van der Waals surface area (Å²) in [5.74, 6) is 0.103. The Morgan fingerprint density at radius 2 is 2.11 bits per heavy atom. The zero-order chi connectivity index (χ0) is 13.3. The Kier molecular flexibility index (Phi) is 3.61. The number of esters is 1. The van der Waals surface area contributed by atoms with E-state index in [9.17, 15) is 4.79 Å². The standard InChI is InChI=1S/C13H14BrNO3/c1-7(2)18-12-9-6-8(14)4-5-10(9)15-11(12)13(16)17-3/h4-7,15H,1-3H3. The highest BCUT2D eigenvalue weighted by Gasteiger charge is 2.20. The van der Waals surface area contributed by atoms with E-state index >= 15 is 0 Å². The van der Waals surface area contributed by atoms with E-state index in [0.717, 1.165) is 15.4 Å². The van der Waals surface area contributed by atoms with Crippen LogP contribution in [0.15, 0.2) is 22.7 Å². The Morgan fingerprint density at radius 3 is 2.72 bits per heavy atom. The van der Waals surface area contributed by atoms with Gasteiger partial charge in [-0.2, -0.15) is 0 Å². The first kappa shape index (κ1) is 13.0. The molecule has 0 unspecified atom stereocenters. The lowest BCUT2D eigenvalue weighted by Crippen LogP contribution is -2.10. The van der Waals surface area contributed by atoms with Crippen molar-refractivity contribution in [3.05, 3.63) is 28.4 Å². The van der Waals surface area contributed by atoms with E-state index in [1.54, 1.807) is 0 Å². The number of rotatable bonds is 3. The third kappa shape index (κ3) is 2.36. The van der Waals surface area contributed by atoms with Crippen molar-refractivity contribution in [1.29, 1.82) is 0 Å². The second-order valence-corrected chi connectivity index (χ2v) is 5.09. The number of methoxy groups -OCH3 is 1. The summed E-state index contributed by atoms with van der Waals surface area (Å²) in [5, 5.41) is 0.860. The van der Waals surface area contributed by atoms with Crippen LogP contribution < -0.4 is 4.74 Å². The molecule has 0 aliphatic carbocycles. The van der Waals surface area contributed by atoms with Crippen molar-refractivity contribution in [1.82, 2.24) is 4.98 Å². The van der Waals surface area contributed by atoms with E-state index in [0.29, 0.717) is 11.4 Å². The minimum atomic E-state index is -0.432. The van der Waals surface area contributed by atoms with Gasteiger partial charge in [0.15, 0.2) is 11.4 Å². The summed E-state index contributed by atoms with van der Waals surface area (Å²) in [6.07, 6.45) is -0.0219. The molecule has 1 aromatic carbocycles. The van der Waals surface area contributed by atoms with Crippen molar-refractivity contribution in [3.8, 4) is 5.75 Å². The number of hydrogen-bond acceptors (Lipinski definition) is 3. The fraction of sp³-hybridized carbons (Fsp3) is 0.308. The molecule has 0 aliphatic heterocycles. The summed E-state index contributed by atoms with van der Waals surface area (Å²) in [6.45, 7) is 3.83. The van der Waals surface area contributed by atoms with Gasteiger partial charge in [-0.15, -0.1) is 0 Å². The van der Waals surface area contributed by atoms with Crippen molar-refractivity contribution in [2.24, 2.45) is 0 Å². The van der Waals surface area contributed by atoms with Crippen LogP contribution in [0.5, 0.6) is 5.75 Å². The van der Waals surface area contributed by atoms with Crippen LogP contribution in [-0.4, -0.2) is 24.2 Å². The maximum absolute atomic E-state index is 11.7. The number of aromatic amines is 1. The minimum Gasteiger partial charge on any atom is -0.488 e. The van der Waals surface area contributed by atoms with Crippen molar-refractivity contribution in [2.75, 3.05) is 7.11 Å². The van der Waals surface area contributed by atoms with Crippen LogP contribution in [0.2, 0.25) is 0 Å². The van der Waals surface area contributed by atoms with Crippen LogP contribution in [0, 0.1) is 0 Å². The van der Waals surface area contributed by atoms with E-state index in [-0.39, 0.29) is 6.10 Å². The van der Waals surface area contributed by atoms with Crippen LogP contribution in [0.3, 0.4) is 0 Å². The third-order valence-corrected chi connectivity index (χ3v) is 2.95. The molecule has 0 radical (unpaired) electrons. The maximum Gasteiger partial charge on any atom is 0.358 e. The molecule has 0 atom stereocenters. The van der Waals surface area contributed by atoms with Gasteiger partial charge in [-0.25, -0.2) is 4.79 Å². The molecular weight excluding hydrogens is 298 g/mol. The molecule has 1 N–H and O–H groups in total. The number of benzene rings is 1. The molecule has 1 aromatic heterocycles. The minimum absolute atomic E-state index is 0.0219. The van der Waals surface area contributed by atoms with Gasteiger partial charge < -0.3 is 14.5 Å². The van der Waals surface area contributed by atoms with Gasteiger partial charge in [0.2, 0.25) is 0 Å². The number of halogens is 1. The smallest absolute Gasteiger partial charge is 0.358 e. The molecule has 4 nitrogen and oxygen atoms in total. The van der Waals surface area contributed by atoms with E-state index < -0.39 is 5.97 Å². The van der Waals surface area contributed by atoms with Gasteiger partial charge in [-0.3, -0.25) is 0 Å². The fourth-order valence-electron chi connectivity index (χ4n) is 1.74. The molecule has 0 amide bonds. The van der Waals surface area contributed by atoms with Crippen molar-refractivity contribution >= 4 is 32.8 Å². The highest BCUT2D eigenvalue weighted by atomic mass is 79.9. The summed E-state index contributed by atoms with van der Waals surface area (Å²) in [4.78, 5) is 14.8. The van der Waals surface area contributed by atoms with Gasteiger partial charge in [-0.05, 0) is 32.0 Å². The van der Waals surface area contributed by atoms with Crippen molar-refractivity contribution < 1.29 is 14.3 Å². The van der Waals surface area contributed by atoms with Gasteiger partial charge in [-0.1, -0.05) is 15.9 Å². The average molecular weight is 312 g/mol. The van der Waals surface area contributed by atoms with Gasteiger partial charge in [0.25, 0.3) is 0 Å². The zero-order valence-corrected chi connectivity index (χ0v) is 12.0. The molecule has 1 heterocycles. The molecule has 0 bridgehead atoms. The predicted octanol–water partition coefficient (Wildman–Crippen LogP) is 3.50. The summed E-state index contributed by atoms with van der Waals surface area (Å²) in [6, 6.07) is 5.70.